The molecule has 0 aliphatic carbocycles. The number of hydrogen-bond acceptors (Lipinski definition) is 6. The summed E-state index contributed by atoms with van der Waals surface area (Å²) in [5.74, 6) is 2.25. The van der Waals surface area contributed by atoms with E-state index in [0.717, 1.165) is 57.9 Å². The van der Waals surface area contributed by atoms with Gasteiger partial charge in [0.25, 0.3) is 0 Å². The molecule has 0 unspecified atom stereocenters. The second-order valence-electron chi connectivity index (χ2n) is 7.25. The van der Waals surface area contributed by atoms with Crippen LogP contribution in [0.15, 0.2) is 39.5 Å². The Morgan fingerprint density at radius 2 is 1.79 bits per heavy atom. The Labute approximate surface area is 169 Å². The third-order valence-electron chi connectivity index (χ3n) is 5.32. The van der Waals surface area contributed by atoms with Crippen molar-refractivity contribution in [3.63, 3.8) is 0 Å². The number of benzene rings is 2. The van der Waals surface area contributed by atoms with Crippen molar-refractivity contribution in [1.29, 1.82) is 0 Å². The van der Waals surface area contributed by atoms with Crippen molar-refractivity contribution in [2.45, 2.75) is 33.2 Å². The number of rotatable bonds is 5. The van der Waals surface area contributed by atoms with Crippen molar-refractivity contribution in [2.24, 2.45) is 0 Å². The van der Waals surface area contributed by atoms with Gasteiger partial charge in [0.1, 0.15) is 22.8 Å². The molecule has 0 fully saturated rings. The molecule has 2 heterocycles. The van der Waals surface area contributed by atoms with Gasteiger partial charge in [0, 0.05) is 53.0 Å². The normalized spacial score (nSPS) is 13.2. The molecule has 1 aromatic heterocycles. The van der Waals surface area contributed by atoms with Crippen molar-refractivity contribution < 1.29 is 18.6 Å². The minimum Gasteiger partial charge on any atom is -0.497 e. The average Bonchev–Trinajstić information content (AvgIpc) is 2.74. The topological polar surface area (TPSA) is 61.1 Å². The fourth-order valence-electron chi connectivity index (χ4n) is 3.90. The SMILES string of the molecule is CCCc1cc(=O)oc2c(C)c3c(cc12)CN(c1cc(OC)cc(OC)c1)CO3. The predicted octanol–water partition coefficient (Wildman–Crippen LogP) is 4.43. The Bertz CT molecular complexity index is 1100. The first-order chi connectivity index (χ1) is 14.0. The van der Waals surface area contributed by atoms with Crippen molar-refractivity contribution in [2.75, 3.05) is 25.9 Å². The van der Waals surface area contributed by atoms with Gasteiger partial charge < -0.3 is 23.5 Å². The highest BCUT2D eigenvalue weighted by Gasteiger charge is 2.24. The molecule has 0 atom stereocenters. The second kappa shape index (κ2) is 7.70. The van der Waals surface area contributed by atoms with E-state index in [1.165, 1.54) is 0 Å². The Kier molecular flexibility index (Phi) is 5.09. The van der Waals surface area contributed by atoms with Gasteiger partial charge in [-0.25, -0.2) is 4.79 Å². The highest BCUT2D eigenvalue weighted by Crippen LogP contribution is 2.38. The van der Waals surface area contributed by atoms with Gasteiger partial charge in [-0.2, -0.15) is 0 Å². The Morgan fingerprint density at radius 1 is 1.07 bits per heavy atom. The summed E-state index contributed by atoms with van der Waals surface area (Å²) in [6.45, 7) is 5.11. The molecule has 0 bridgehead atoms. The van der Waals surface area contributed by atoms with E-state index < -0.39 is 0 Å². The molecule has 152 valence electrons. The second-order valence-corrected chi connectivity index (χ2v) is 7.25. The molecule has 0 spiro atoms. The van der Waals surface area contributed by atoms with Gasteiger partial charge in [-0.1, -0.05) is 13.3 Å². The summed E-state index contributed by atoms with van der Waals surface area (Å²) in [6.07, 6.45) is 1.79. The number of aryl methyl sites for hydroxylation is 2. The first-order valence-corrected chi connectivity index (χ1v) is 9.74. The van der Waals surface area contributed by atoms with Crippen LogP contribution in [-0.2, 0) is 13.0 Å². The molecule has 3 aromatic rings. The third-order valence-corrected chi connectivity index (χ3v) is 5.32. The van der Waals surface area contributed by atoms with E-state index in [2.05, 4.69) is 17.9 Å². The van der Waals surface area contributed by atoms with Gasteiger partial charge >= 0.3 is 5.63 Å². The largest absolute Gasteiger partial charge is 0.497 e. The van der Waals surface area contributed by atoms with Crippen LogP contribution in [0.5, 0.6) is 17.2 Å². The van der Waals surface area contributed by atoms with Gasteiger partial charge in [-0.05, 0) is 25.0 Å². The molecule has 29 heavy (non-hydrogen) atoms. The van der Waals surface area contributed by atoms with Gasteiger partial charge in [0.15, 0.2) is 6.73 Å². The zero-order valence-electron chi connectivity index (χ0n) is 17.2. The standard InChI is InChI=1S/C23H25NO5/c1-5-6-15-8-21(25)29-23-14(2)22-16(7-20(15)23)12-24(13-28-22)17-9-18(26-3)11-19(10-17)27-4/h7-11H,5-6,12-13H2,1-4H3. The first-order valence-electron chi connectivity index (χ1n) is 9.74. The lowest BCUT2D eigenvalue weighted by molar-refractivity contribution is 0.287. The van der Waals surface area contributed by atoms with E-state index >= 15 is 0 Å². The van der Waals surface area contributed by atoms with Gasteiger partial charge in [-0.3, -0.25) is 0 Å². The summed E-state index contributed by atoms with van der Waals surface area (Å²) < 4.78 is 22.4. The van der Waals surface area contributed by atoms with Crippen LogP contribution in [0.3, 0.4) is 0 Å². The molecule has 0 saturated heterocycles. The smallest absolute Gasteiger partial charge is 0.336 e. The summed E-state index contributed by atoms with van der Waals surface area (Å²) in [5, 5.41) is 0.983. The fraction of sp³-hybridized carbons (Fsp3) is 0.348. The lowest BCUT2D eigenvalue weighted by atomic mass is 9.98. The van der Waals surface area contributed by atoms with E-state index in [1.54, 1.807) is 20.3 Å². The van der Waals surface area contributed by atoms with Crippen molar-refractivity contribution >= 4 is 16.7 Å². The Balaban J connectivity index is 1.79. The maximum absolute atomic E-state index is 12.0. The summed E-state index contributed by atoms with van der Waals surface area (Å²) in [5.41, 5.74) is 4.22. The molecule has 0 N–H and O–H groups in total. The lowest BCUT2D eigenvalue weighted by Gasteiger charge is -2.32. The van der Waals surface area contributed by atoms with Crippen LogP contribution in [0, 0.1) is 6.92 Å². The van der Waals surface area contributed by atoms with Crippen LogP contribution >= 0.6 is 0 Å². The van der Waals surface area contributed by atoms with Gasteiger partial charge in [0.05, 0.1) is 14.2 Å². The molecular formula is C23H25NO5. The van der Waals surface area contributed by atoms with E-state index in [1.807, 2.05) is 25.1 Å². The van der Waals surface area contributed by atoms with E-state index in [4.69, 9.17) is 18.6 Å². The maximum Gasteiger partial charge on any atom is 0.336 e. The molecular weight excluding hydrogens is 370 g/mol. The number of methoxy groups -OCH3 is 2. The number of hydrogen-bond donors (Lipinski definition) is 0. The molecule has 0 saturated carbocycles. The average molecular weight is 395 g/mol. The molecule has 6 heteroatoms. The number of anilines is 1. The molecule has 1 aliphatic rings. The first kappa shape index (κ1) is 19.2. The summed E-state index contributed by atoms with van der Waals surface area (Å²) in [7, 11) is 3.28. The van der Waals surface area contributed by atoms with Crippen LogP contribution in [0.1, 0.15) is 30.0 Å². The monoisotopic (exact) mass is 395 g/mol. The molecule has 6 nitrogen and oxygen atoms in total. The van der Waals surface area contributed by atoms with Crippen LogP contribution < -0.4 is 24.7 Å². The van der Waals surface area contributed by atoms with Crippen molar-refractivity contribution in [3.8, 4) is 17.2 Å². The molecule has 1 aliphatic heterocycles. The number of fused-ring (bicyclic) bond motifs is 2. The van der Waals surface area contributed by atoms with Crippen LogP contribution in [0.25, 0.3) is 11.0 Å². The van der Waals surface area contributed by atoms with E-state index in [-0.39, 0.29) is 5.63 Å². The highest BCUT2D eigenvalue weighted by molar-refractivity contribution is 5.86. The number of nitrogens with zero attached hydrogens (tertiary/aromatic N) is 1. The molecule has 4 rings (SSSR count). The fourth-order valence-corrected chi connectivity index (χ4v) is 3.90. The maximum atomic E-state index is 12.0. The minimum absolute atomic E-state index is 0.315. The quantitative estimate of drug-likeness (QED) is 0.596. The zero-order valence-corrected chi connectivity index (χ0v) is 17.2. The summed E-state index contributed by atoms with van der Waals surface area (Å²) in [4.78, 5) is 14.1. The van der Waals surface area contributed by atoms with E-state index in [9.17, 15) is 4.79 Å². The summed E-state index contributed by atoms with van der Waals surface area (Å²) in [6, 6.07) is 9.47. The number of ether oxygens (including phenoxy) is 3. The van der Waals surface area contributed by atoms with Gasteiger partial charge in [0.2, 0.25) is 0 Å². The van der Waals surface area contributed by atoms with Gasteiger partial charge in [-0.15, -0.1) is 0 Å². The highest BCUT2D eigenvalue weighted by atomic mass is 16.5. The zero-order chi connectivity index (χ0) is 20.5. The van der Waals surface area contributed by atoms with E-state index in [0.29, 0.717) is 18.9 Å². The Morgan fingerprint density at radius 3 is 2.45 bits per heavy atom. The van der Waals surface area contributed by atoms with Crippen molar-refractivity contribution in [3.05, 3.63) is 57.4 Å². The minimum atomic E-state index is -0.315. The van der Waals surface area contributed by atoms with Crippen LogP contribution in [-0.4, -0.2) is 21.0 Å². The molecule has 2 aromatic carbocycles. The Hall–Kier alpha value is -3.15. The van der Waals surface area contributed by atoms with Crippen LogP contribution in [0.2, 0.25) is 0 Å². The predicted molar refractivity (Wildman–Crippen MR) is 112 cm³/mol. The molecule has 0 radical (unpaired) electrons. The molecule has 0 amide bonds. The lowest BCUT2D eigenvalue weighted by Crippen LogP contribution is -2.32. The third kappa shape index (κ3) is 3.50. The van der Waals surface area contributed by atoms with Crippen LogP contribution in [0.4, 0.5) is 5.69 Å². The van der Waals surface area contributed by atoms with Crippen molar-refractivity contribution in [1.82, 2.24) is 0 Å². The summed E-state index contributed by atoms with van der Waals surface area (Å²) >= 11 is 0.